The first-order chi connectivity index (χ1) is 20.7. The Hall–Kier alpha value is -2.18. The topological polar surface area (TPSA) is 93.3 Å². The second kappa shape index (κ2) is 16.8. The van der Waals surface area contributed by atoms with Crippen LogP contribution in [0.5, 0.6) is 0 Å². The van der Waals surface area contributed by atoms with Gasteiger partial charge >= 0.3 is 0 Å². The van der Waals surface area contributed by atoms with E-state index in [-0.39, 0.29) is 0 Å². The average molecular weight is 634 g/mol. The van der Waals surface area contributed by atoms with Crippen LogP contribution < -0.4 is 13.9 Å². The lowest BCUT2D eigenvalue weighted by Crippen LogP contribution is -2.45. The third-order valence-electron chi connectivity index (χ3n) is 8.95. The number of thiol groups is 1. The molecule has 4 rings (SSSR count). The fourth-order valence-electron chi connectivity index (χ4n) is 6.45. The van der Waals surface area contributed by atoms with Crippen LogP contribution in [0.15, 0.2) is 54.6 Å². The van der Waals surface area contributed by atoms with E-state index in [4.69, 9.17) is 0 Å². The summed E-state index contributed by atoms with van der Waals surface area (Å²) >= 11 is 0. The predicted molar refractivity (Wildman–Crippen MR) is 178 cm³/mol. The molecule has 2 aliphatic rings. The van der Waals surface area contributed by atoms with Gasteiger partial charge < -0.3 is 9.80 Å². The van der Waals surface area contributed by atoms with Crippen LogP contribution in [-0.2, 0) is 21.1 Å². The first-order valence-corrected chi connectivity index (χ1v) is 18.5. The second-order valence-electron chi connectivity index (χ2n) is 12.3. The van der Waals surface area contributed by atoms with Crippen LogP contribution in [0, 0.1) is 5.92 Å². The molecule has 11 heteroatoms. The molecule has 0 atom stereocenters. The minimum atomic E-state index is -3.50. The zero-order valence-electron chi connectivity index (χ0n) is 25.9. The molecule has 0 aromatic heterocycles. The summed E-state index contributed by atoms with van der Waals surface area (Å²) in [6, 6.07) is 17.9. The normalized spacial score (nSPS) is 17.5. The molecule has 0 amide bonds. The molecule has 1 N–H and O–H groups in total. The standard InChI is InChI=1S/C32H51N5O4S2/c1-34(2)31-15-17-32(18-16-31)37(42(38)39)24-10-23-35(27-28-11-5-3-6-12-28)22-9-21-33-43(40,41)36-25-19-30(20-26-36)29-13-7-4-8-14-29/h4,7-8,13-18,28,30,33,42H,3,5-6,9-12,19-27H2,1-2H3. The number of piperidine rings is 1. The number of nitrogens with one attached hydrogen (secondary N) is 1. The van der Waals surface area contributed by atoms with Gasteiger partial charge in [0.05, 0.1) is 5.69 Å². The Kier molecular flexibility index (Phi) is 13.1. The van der Waals surface area contributed by atoms with E-state index in [1.165, 1.54) is 42.0 Å². The fourth-order valence-corrected chi connectivity index (χ4v) is 8.35. The van der Waals surface area contributed by atoms with Crippen molar-refractivity contribution in [2.24, 2.45) is 5.92 Å². The molecule has 1 saturated heterocycles. The maximum atomic E-state index is 13.0. The van der Waals surface area contributed by atoms with Crippen LogP contribution in [0.1, 0.15) is 69.3 Å². The molecule has 0 bridgehead atoms. The highest BCUT2D eigenvalue weighted by Gasteiger charge is 2.28. The molecule has 1 heterocycles. The van der Waals surface area contributed by atoms with Gasteiger partial charge in [-0.2, -0.15) is 12.7 Å². The number of benzene rings is 2. The molecular weight excluding hydrogens is 583 g/mol. The van der Waals surface area contributed by atoms with Gasteiger partial charge in [-0.3, -0.25) is 4.31 Å². The monoisotopic (exact) mass is 633 g/mol. The maximum absolute atomic E-state index is 13.0. The molecule has 1 saturated carbocycles. The summed E-state index contributed by atoms with van der Waals surface area (Å²) in [4.78, 5) is 4.41. The Balaban J connectivity index is 1.25. The summed E-state index contributed by atoms with van der Waals surface area (Å²) in [7, 11) is -2.33. The van der Waals surface area contributed by atoms with E-state index in [9.17, 15) is 16.8 Å². The number of hydrogen-bond acceptors (Lipinski definition) is 6. The molecule has 2 aromatic rings. The Labute approximate surface area is 261 Å². The summed E-state index contributed by atoms with van der Waals surface area (Å²) in [6.07, 6.45) is 9.43. The molecule has 43 heavy (non-hydrogen) atoms. The van der Waals surface area contributed by atoms with Crippen molar-refractivity contribution >= 4 is 32.5 Å². The van der Waals surface area contributed by atoms with Gasteiger partial charge in [0.25, 0.3) is 10.2 Å². The lowest BCUT2D eigenvalue weighted by Gasteiger charge is -2.32. The van der Waals surface area contributed by atoms with E-state index in [0.717, 1.165) is 44.6 Å². The highest BCUT2D eigenvalue weighted by atomic mass is 32.2. The molecule has 240 valence electrons. The van der Waals surface area contributed by atoms with Crippen molar-refractivity contribution in [1.82, 2.24) is 13.9 Å². The van der Waals surface area contributed by atoms with Gasteiger partial charge in [0.2, 0.25) is 10.9 Å². The minimum absolute atomic E-state index is 0.402. The summed E-state index contributed by atoms with van der Waals surface area (Å²) in [5.74, 6) is 1.07. The van der Waals surface area contributed by atoms with Gasteiger partial charge in [-0.05, 0) is 93.3 Å². The molecule has 0 radical (unpaired) electrons. The maximum Gasteiger partial charge on any atom is 0.279 e. The zero-order valence-corrected chi connectivity index (χ0v) is 27.7. The Bertz CT molecular complexity index is 1270. The Morgan fingerprint density at radius 3 is 2.07 bits per heavy atom. The first kappa shape index (κ1) is 33.7. The third kappa shape index (κ3) is 10.5. The van der Waals surface area contributed by atoms with Crippen LogP contribution in [0.3, 0.4) is 0 Å². The third-order valence-corrected chi connectivity index (χ3v) is 11.4. The van der Waals surface area contributed by atoms with Crippen LogP contribution in [-0.4, -0.2) is 85.9 Å². The highest BCUT2D eigenvalue weighted by molar-refractivity contribution is 7.87. The molecule has 2 fully saturated rings. The number of nitrogens with zero attached hydrogens (tertiary/aromatic N) is 4. The highest BCUT2D eigenvalue weighted by Crippen LogP contribution is 2.29. The summed E-state index contributed by atoms with van der Waals surface area (Å²) < 4.78 is 56.2. The van der Waals surface area contributed by atoms with Crippen LogP contribution in [0.25, 0.3) is 0 Å². The molecule has 1 aliphatic carbocycles. The minimum Gasteiger partial charge on any atom is -0.378 e. The van der Waals surface area contributed by atoms with E-state index in [1.54, 1.807) is 4.31 Å². The van der Waals surface area contributed by atoms with Crippen molar-refractivity contribution in [3.8, 4) is 0 Å². The summed E-state index contributed by atoms with van der Waals surface area (Å²) in [6.45, 7) is 4.46. The fraction of sp³-hybridized carbons (Fsp3) is 0.625. The molecule has 1 aliphatic heterocycles. The van der Waals surface area contributed by atoms with Gasteiger partial charge in [0.1, 0.15) is 0 Å². The van der Waals surface area contributed by atoms with Crippen molar-refractivity contribution in [3.63, 3.8) is 0 Å². The second-order valence-corrected chi connectivity index (χ2v) is 15.0. The molecule has 2 aromatic carbocycles. The summed E-state index contributed by atoms with van der Waals surface area (Å²) in [5, 5.41) is 0. The molecular formula is C32H51N5O4S2. The number of rotatable bonds is 16. The van der Waals surface area contributed by atoms with E-state index >= 15 is 0 Å². The largest absolute Gasteiger partial charge is 0.378 e. The van der Waals surface area contributed by atoms with Gasteiger partial charge in [0, 0.05) is 52.5 Å². The average Bonchev–Trinajstić information content (AvgIpc) is 3.02. The predicted octanol–water partition coefficient (Wildman–Crippen LogP) is 4.46. The molecule has 0 spiro atoms. The van der Waals surface area contributed by atoms with E-state index in [0.29, 0.717) is 50.1 Å². The van der Waals surface area contributed by atoms with E-state index in [1.807, 2.05) is 61.5 Å². The van der Waals surface area contributed by atoms with Crippen molar-refractivity contribution in [3.05, 3.63) is 60.2 Å². The van der Waals surface area contributed by atoms with Gasteiger partial charge in [-0.1, -0.05) is 49.6 Å². The molecule has 0 unspecified atom stereocenters. The quantitative estimate of drug-likeness (QED) is 0.210. The lowest BCUT2D eigenvalue weighted by atomic mass is 9.89. The van der Waals surface area contributed by atoms with Gasteiger partial charge in [0.15, 0.2) is 0 Å². The smallest absolute Gasteiger partial charge is 0.279 e. The van der Waals surface area contributed by atoms with Crippen LogP contribution in [0.4, 0.5) is 11.4 Å². The Morgan fingerprint density at radius 1 is 0.814 bits per heavy atom. The number of hydrogen-bond donors (Lipinski definition) is 2. The SMILES string of the molecule is CN(C)c1ccc(N(CCCN(CCCNS(=O)(=O)N2CCC(c3ccccc3)CC2)CC2CCCCC2)[SH](=O)=O)cc1. The van der Waals surface area contributed by atoms with Crippen molar-refractivity contribution in [2.75, 3.05) is 69.1 Å². The molecule has 9 nitrogen and oxygen atoms in total. The Morgan fingerprint density at radius 2 is 1.44 bits per heavy atom. The van der Waals surface area contributed by atoms with Crippen molar-refractivity contribution in [1.29, 1.82) is 0 Å². The number of anilines is 2. The van der Waals surface area contributed by atoms with Crippen LogP contribution in [0.2, 0.25) is 0 Å². The zero-order chi connectivity index (χ0) is 30.7. The van der Waals surface area contributed by atoms with E-state index in [2.05, 4.69) is 21.8 Å². The van der Waals surface area contributed by atoms with Gasteiger partial charge in [-0.25, -0.2) is 13.1 Å². The van der Waals surface area contributed by atoms with Crippen molar-refractivity contribution < 1.29 is 16.8 Å². The first-order valence-electron chi connectivity index (χ1n) is 15.9. The van der Waals surface area contributed by atoms with Crippen LogP contribution >= 0.6 is 0 Å². The van der Waals surface area contributed by atoms with Gasteiger partial charge in [-0.15, -0.1) is 0 Å². The van der Waals surface area contributed by atoms with E-state index < -0.39 is 21.1 Å². The summed E-state index contributed by atoms with van der Waals surface area (Å²) in [5.41, 5.74) is 3.00. The van der Waals surface area contributed by atoms with Crippen molar-refractivity contribution in [2.45, 2.75) is 63.7 Å². The lowest BCUT2D eigenvalue weighted by molar-refractivity contribution is 0.198.